The molecule has 366 valence electrons. The number of alkyl halides is 3. The quantitative estimate of drug-likeness (QED) is 0.0567. The minimum Gasteiger partial charge on any atom is -0.405 e. The van der Waals surface area contributed by atoms with Crippen molar-refractivity contribution in [1.29, 1.82) is 0 Å². The summed E-state index contributed by atoms with van der Waals surface area (Å²) < 4.78 is 57.6. The van der Waals surface area contributed by atoms with Crippen LogP contribution in [0.15, 0.2) is 48.5 Å². The summed E-state index contributed by atoms with van der Waals surface area (Å²) in [5.41, 5.74) is 8.34. The third-order valence-corrected chi connectivity index (χ3v) is 15.2. The summed E-state index contributed by atoms with van der Waals surface area (Å²) in [5, 5.41) is 16.2. The highest BCUT2D eigenvalue weighted by Gasteiger charge is 2.68. The molecular formula is C52H77BF3N3O7. The number of benzene rings is 2. The molecule has 3 aliphatic carbocycles. The van der Waals surface area contributed by atoms with E-state index >= 15 is 0 Å². The molecule has 66 heavy (non-hydrogen) atoms. The van der Waals surface area contributed by atoms with Crippen molar-refractivity contribution in [1.82, 2.24) is 10.6 Å². The number of hydrogen-bond acceptors (Lipinski definition) is 8. The normalized spacial score (nSPS) is 24.3. The van der Waals surface area contributed by atoms with E-state index in [0.29, 0.717) is 31.1 Å². The van der Waals surface area contributed by atoms with Gasteiger partial charge in [0, 0.05) is 24.7 Å². The van der Waals surface area contributed by atoms with Crippen molar-refractivity contribution in [2.24, 2.45) is 40.7 Å². The van der Waals surface area contributed by atoms with Gasteiger partial charge in [-0.15, -0.1) is 0 Å². The third-order valence-electron chi connectivity index (χ3n) is 15.2. The SMILES string of the molecule is CCCCc1ccc(-c2ccc(C(C[C@@H](CCCCN)C(=O)N[C@H](C(=O)C[C@@H](C)C(=O)N[C@@H](CC(C)C)C(=O)C[C@@H](C)B3O[C@@H]4C[C@@H]5C[C@@H](C5(C)C)[C@]4(C)O3)[C@@H](C)O)C(F)(F)F)cc2)cc1. The van der Waals surface area contributed by atoms with Crippen molar-refractivity contribution in [2.75, 3.05) is 6.54 Å². The van der Waals surface area contributed by atoms with Crippen molar-refractivity contribution in [3.8, 4) is 11.1 Å². The van der Waals surface area contributed by atoms with Crippen molar-refractivity contribution >= 4 is 30.5 Å². The van der Waals surface area contributed by atoms with Crippen LogP contribution in [0, 0.1) is 35.0 Å². The van der Waals surface area contributed by atoms with Gasteiger partial charge in [-0.05, 0) is 123 Å². The third kappa shape index (κ3) is 12.9. The highest BCUT2D eigenvalue weighted by Crippen LogP contribution is 2.66. The summed E-state index contributed by atoms with van der Waals surface area (Å²) in [4.78, 5) is 55.2. The number of rotatable bonds is 25. The summed E-state index contributed by atoms with van der Waals surface area (Å²) in [7, 11) is -0.548. The molecule has 1 heterocycles. The number of aryl methyl sites for hydroxylation is 1. The molecule has 14 heteroatoms. The molecule has 3 saturated carbocycles. The smallest absolute Gasteiger partial charge is 0.405 e. The number of ketones is 2. The first kappa shape index (κ1) is 53.4. The lowest BCUT2D eigenvalue weighted by molar-refractivity contribution is -0.199. The predicted octanol–water partition coefficient (Wildman–Crippen LogP) is 9.55. The Labute approximate surface area is 392 Å². The van der Waals surface area contributed by atoms with Crippen molar-refractivity contribution in [3.63, 3.8) is 0 Å². The number of carbonyl (C=O) groups excluding carboxylic acids is 4. The summed E-state index contributed by atoms with van der Waals surface area (Å²) in [6.07, 6.45) is -0.496. The fourth-order valence-corrected chi connectivity index (χ4v) is 10.8. The van der Waals surface area contributed by atoms with E-state index in [1.54, 1.807) is 12.1 Å². The second kappa shape index (κ2) is 22.7. The van der Waals surface area contributed by atoms with E-state index in [1.807, 2.05) is 45.0 Å². The Morgan fingerprint density at radius 3 is 2.05 bits per heavy atom. The van der Waals surface area contributed by atoms with Gasteiger partial charge in [-0.3, -0.25) is 19.2 Å². The van der Waals surface area contributed by atoms with Crippen LogP contribution in [0.4, 0.5) is 13.2 Å². The van der Waals surface area contributed by atoms with Crippen LogP contribution in [0.5, 0.6) is 0 Å². The zero-order valence-corrected chi connectivity index (χ0v) is 40.8. The second-order valence-electron chi connectivity index (χ2n) is 21.2. The summed E-state index contributed by atoms with van der Waals surface area (Å²) in [6.45, 7) is 17.8. The van der Waals surface area contributed by atoms with Gasteiger partial charge >= 0.3 is 13.3 Å². The number of unbranched alkanes of at least 4 members (excludes halogenated alkanes) is 2. The van der Waals surface area contributed by atoms with E-state index in [4.69, 9.17) is 15.0 Å². The fourth-order valence-electron chi connectivity index (χ4n) is 10.8. The van der Waals surface area contributed by atoms with Crippen LogP contribution < -0.4 is 16.4 Å². The summed E-state index contributed by atoms with van der Waals surface area (Å²) in [6, 6.07) is 11.9. The number of halogens is 3. The van der Waals surface area contributed by atoms with Gasteiger partial charge in [0.1, 0.15) is 6.04 Å². The Morgan fingerprint density at radius 1 is 0.848 bits per heavy atom. The average molecular weight is 924 g/mol. The van der Waals surface area contributed by atoms with Gasteiger partial charge < -0.3 is 30.8 Å². The molecule has 4 fully saturated rings. The molecule has 0 spiro atoms. The minimum absolute atomic E-state index is 0.0156. The monoisotopic (exact) mass is 924 g/mol. The number of amides is 2. The van der Waals surface area contributed by atoms with E-state index in [9.17, 15) is 37.5 Å². The number of aliphatic hydroxyl groups is 1. The largest absolute Gasteiger partial charge is 0.461 e. The Bertz CT molecular complexity index is 1940. The van der Waals surface area contributed by atoms with Crippen LogP contribution in [0.2, 0.25) is 5.82 Å². The Morgan fingerprint density at radius 2 is 1.48 bits per heavy atom. The molecule has 1 aliphatic heterocycles. The van der Waals surface area contributed by atoms with Crippen molar-refractivity contribution < 1.29 is 46.8 Å². The Balaban J connectivity index is 1.21. The second-order valence-corrected chi connectivity index (χ2v) is 21.2. The standard InChI is InChI=1S/C52H77BF3N3O7/c1-10-11-14-35-16-18-36(19-17-35)37-20-22-38(23-21-37)41(52(54,55)56)28-39(15-12-13-24-57)49(64)59-47(34(6)60)44(62)26-32(4)48(63)58-42(25-31(2)3)43(61)27-33(5)53-65-46-30-40-29-45(50(40,7)8)51(46,9)66-53/h16-23,31-34,39-42,45-47,60H,10-15,24-30,57H2,1-9H3,(H,58,63)(H,59,64)/t32-,33-,34-,39-,40+,41?,42+,45+,46-,47+,51+/m1/s1. The first-order valence-corrected chi connectivity index (χ1v) is 24.6. The van der Waals surface area contributed by atoms with E-state index in [0.717, 1.165) is 43.2 Å². The maximum absolute atomic E-state index is 14.9. The maximum atomic E-state index is 14.9. The van der Waals surface area contributed by atoms with Gasteiger partial charge in [-0.2, -0.15) is 13.2 Å². The van der Waals surface area contributed by atoms with Crippen LogP contribution in [0.1, 0.15) is 150 Å². The van der Waals surface area contributed by atoms with Crippen LogP contribution in [0.25, 0.3) is 11.1 Å². The van der Waals surface area contributed by atoms with Crippen LogP contribution in [-0.4, -0.2) is 78.2 Å². The lowest BCUT2D eigenvalue weighted by Gasteiger charge is -2.64. The molecule has 10 nitrogen and oxygen atoms in total. The van der Waals surface area contributed by atoms with Crippen molar-refractivity contribution in [3.05, 3.63) is 59.7 Å². The van der Waals surface area contributed by atoms with E-state index in [-0.39, 0.29) is 60.4 Å². The highest BCUT2D eigenvalue weighted by atomic mass is 19.4. The summed E-state index contributed by atoms with van der Waals surface area (Å²) >= 11 is 0. The van der Waals surface area contributed by atoms with Crippen LogP contribution in [-0.2, 0) is 34.9 Å². The van der Waals surface area contributed by atoms with E-state index < -0.39 is 78.9 Å². The molecule has 6 rings (SSSR count). The molecule has 2 aromatic rings. The Kier molecular flexibility index (Phi) is 18.3. The number of nitrogens with two attached hydrogens (primary N) is 1. The number of carbonyl (C=O) groups is 4. The molecule has 2 aromatic carbocycles. The molecule has 4 aliphatic rings. The topological polar surface area (TPSA) is 157 Å². The van der Waals surface area contributed by atoms with Crippen molar-refractivity contribution in [2.45, 2.75) is 187 Å². The first-order valence-electron chi connectivity index (χ1n) is 24.6. The highest BCUT2D eigenvalue weighted by molar-refractivity contribution is 6.47. The number of Topliss-reactive ketones (excluding diaryl/α,β-unsaturated/α-hetero) is 2. The van der Waals surface area contributed by atoms with Gasteiger partial charge in [-0.25, -0.2) is 0 Å². The number of nitrogens with one attached hydrogen (secondary N) is 2. The molecule has 1 unspecified atom stereocenters. The van der Waals surface area contributed by atoms with Gasteiger partial charge in [0.2, 0.25) is 11.8 Å². The zero-order chi connectivity index (χ0) is 48.7. The molecule has 2 amide bonds. The molecule has 11 atom stereocenters. The lowest BCUT2D eigenvalue weighted by Crippen LogP contribution is -2.65. The molecular weight excluding hydrogens is 846 g/mol. The Hall–Kier alpha value is -3.59. The zero-order valence-electron chi connectivity index (χ0n) is 40.8. The van der Waals surface area contributed by atoms with Gasteiger partial charge in [0.25, 0.3) is 0 Å². The minimum atomic E-state index is -4.68. The van der Waals surface area contributed by atoms with Crippen LogP contribution in [0.3, 0.4) is 0 Å². The average Bonchev–Trinajstić information content (AvgIpc) is 3.62. The lowest BCUT2D eigenvalue weighted by atomic mass is 9.43. The van der Waals surface area contributed by atoms with Gasteiger partial charge in [-0.1, -0.05) is 110 Å². The van der Waals surface area contributed by atoms with Crippen LogP contribution >= 0.6 is 0 Å². The molecule has 0 aromatic heterocycles. The molecule has 1 saturated heterocycles. The first-order chi connectivity index (χ1) is 31.0. The van der Waals surface area contributed by atoms with Gasteiger partial charge in [0.15, 0.2) is 11.6 Å². The summed E-state index contributed by atoms with van der Waals surface area (Å²) in [5.74, 6) is -5.50. The van der Waals surface area contributed by atoms with E-state index in [1.165, 1.54) is 31.5 Å². The maximum Gasteiger partial charge on any atom is 0.461 e. The number of aliphatic hydroxyl groups excluding tert-OH is 1. The van der Waals surface area contributed by atoms with E-state index in [2.05, 4.69) is 38.3 Å². The fraction of sp³-hybridized carbons (Fsp3) is 0.692. The predicted molar refractivity (Wildman–Crippen MR) is 253 cm³/mol. The molecule has 0 radical (unpaired) electrons. The molecule has 5 N–H and O–H groups in total. The van der Waals surface area contributed by atoms with Gasteiger partial charge in [0.05, 0.1) is 29.8 Å². The number of hydrogen-bond donors (Lipinski definition) is 4. The molecule has 2 bridgehead atoms.